The number of rotatable bonds is 7. The minimum Gasteiger partial charge on any atom is -0.488 e. The summed E-state index contributed by atoms with van der Waals surface area (Å²) < 4.78 is 5.90. The molecule has 0 radical (unpaired) electrons. The minimum atomic E-state index is -0.0498. The molecule has 0 aliphatic carbocycles. The summed E-state index contributed by atoms with van der Waals surface area (Å²) in [5, 5.41) is 1.99. The summed E-state index contributed by atoms with van der Waals surface area (Å²) >= 11 is 1.60. The van der Waals surface area contributed by atoms with Crippen LogP contribution in [0.3, 0.4) is 0 Å². The van der Waals surface area contributed by atoms with Crippen molar-refractivity contribution >= 4 is 29.3 Å². The largest absolute Gasteiger partial charge is 0.488 e. The summed E-state index contributed by atoms with van der Waals surface area (Å²) in [4.78, 5) is 13.1. The van der Waals surface area contributed by atoms with Crippen molar-refractivity contribution in [2.24, 2.45) is 0 Å². The molecule has 0 N–H and O–H groups in total. The second kappa shape index (κ2) is 8.81. The summed E-state index contributed by atoms with van der Waals surface area (Å²) in [5.41, 5.74) is 1.99. The van der Waals surface area contributed by atoms with Crippen molar-refractivity contribution in [2.75, 3.05) is 0 Å². The van der Waals surface area contributed by atoms with E-state index in [-0.39, 0.29) is 5.78 Å². The normalized spacial score (nSPS) is 11.2. The average molecular weight is 346 g/mol. The molecule has 1 aromatic heterocycles. The Morgan fingerprint density at radius 1 is 0.880 bits per heavy atom. The van der Waals surface area contributed by atoms with Gasteiger partial charge in [-0.3, -0.25) is 4.79 Å². The average Bonchev–Trinajstić information content (AvgIpc) is 3.18. The third kappa shape index (κ3) is 5.30. The molecule has 0 saturated carbocycles. The highest BCUT2D eigenvalue weighted by molar-refractivity contribution is 7.10. The number of thiophene rings is 1. The summed E-state index contributed by atoms with van der Waals surface area (Å²) in [6, 6.07) is 21.7. The predicted octanol–water partition coefficient (Wildman–Crippen LogP) is 5.62. The fourth-order valence-electron chi connectivity index (χ4n) is 2.26. The SMILES string of the molecule is O=C(C=Cc1cccs1)C=Cc1ccccc1OCc1ccccc1. The number of carbonyl (C=O) groups excluding carboxylic acids is 1. The highest BCUT2D eigenvalue weighted by Crippen LogP contribution is 2.21. The van der Waals surface area contributed by atoms with E-state index < -0.39 is 0 Å². The standard InChI is InChI=1S/C22H18O2S/c23-20(14-15-21-10-6-16-25-21)13-12-19-9-4-5-11-22(19)24-17-18-7-2-1-3-8-18/h1-16H,17H2. The molecule has 0 aliphatic rings. The van der Waals surface area contributed by atoms with Crippen molar-refractivity contribution in [2.45, 2.75) is 6.61 Å². The summed E-state index contributed by atoms with van der Waals surface area (Å²) in [6.07, 6.45) is 6.77. The van der Waals surface area contributed by atoms with Gasteiger partial charge in [0.2, 0.25) is 0 Å². The van der Waals surface area contributed by atoms with Gasteiger partial charge in [0.1, 0.15) is 12.4 Å². The maximum Gasteiger partial charge on any atom is 0.178 e. The van der Waals surface area contributed by atoms with Crippen LogP contribution in [0.4, 0.5) is 0 Å². The van der Waals surface area contributed by atoms with Gasteiger partial charge in [0.25, 0.3) is 0 Å². The molecule has 25 heavy (non-hydrogen) atoms. The Labute approximate surface area is 151 Å². The van der Waals surface area contributed by atoms with E-state index in [1.807, 2.05) is 78.2 Å². The van der Waals surface area contributed by atoms with Crippen molar-refractivity contribution < 1.29 is 9.53 Å². The van der Waals surface area contributed by atoms with Gasteiger partial charge in [-0.2, -0.15) is 0 Å². The Hall–Kier alpha value is -2.91. The first-order valence-corrected chi connectivity index (χ1v) is 8.88. The zero-order valence-electron chi connectivity index (χ0n) is 13.7. The lowest BCUT2D eigenvalue weighted by Crippen LogP contribution is -1.96. The van der Waals surface area contributed by atoms with Gasteiger partial charge >= 0.3 is 0 Å². The van der Waals surface area contributed by atoms with Crippen LogP contribution in [0.2, 0.25) is 0 Å². The molecule has 3 heteroatoms. The number of hydrogen-bond acceptors (Lipinski definition) is 3. The van der Waals surface area contributed by atoms with E-state index in [9.17, 15) is 4.79 Å². The lowest BCUT2D eigenvalue weighted by atomic mass is 10.1. The number of benzene rings is 2. The van der Waals surface area contributed by atoms with Gasteiger partial charge in [-0.15, -0.1) is 11.3 Å². The summed E-state index contributed by atoms with van der Waals surface area (Å²) in [5.74, 6) is 0.712. The molecule has 0 unspecified atom stereocenters. The number of carbonyl (C=O) groups is 1. The van der Waals surface area contributed by atoms with Gasteiger partial charge in [0.05, 0.1) is 0 Å². The number of ether oxygens (including phenoxy) is 1. The smallest absolute Gasteiger partial charge is 0.178 e. The molecule has 2 aromatic carbocycles. The Kier molecular flexibility index (Phi) is 5.96. The van der Waals surface area contributed by atoms with Crippen molar-refractivity contribution in [3.05, 3.63) is 100 Å². The highest BCUT2D eigenvalue weighted by Gasteiger charge is 2.01. The van der Waals surface area contributed by atoms with Crippen LogP contribution in [0.25, 0.3) is 12.2 Å². The highest BCUT2D eigenvalue weighted by atomic mass is 32.1. The zero-order chi connectivity index (χ0) is 17.3. The molecule has 0 fully saturated rings. The van der Waals surface area contributed by atoms with E-state index in [4.69, 9.17) is 4.74 Å². The van der Waals surface area contributed by atoms with Crippen molar-refractivity contribution in [3.8, 4) is 5.75 Å². The van der Waals surface area contributed by atoms with Crippen LogP contribution in [0.5, 0.6) is 5.75 Å². The van der Waals surface area contributed by atoms with Crippen molar-refractivity contribution in [1.82, 2.24) is 0 Å². The van der Waals surface area contributed by atoms with Crippen LogP contribution in [-0.2, 0) is 11.4 Å². The van der Waals surface area contributed by atoms with Gasteiger partial charge in [-0.1, -0.05) is 54.6 Å². The molecule has 1 heterocycles. The first-order chi connectivity index (χ1) is 12.3. The van der Waals surface area contributed by atoms with Crippen LogP contribution in [0.1, 0.15) is 16.0 Å². The molecular weight excluding hydrogens is 328 g/mol. The van der Waals surface area contributed by atoms with Gasteiger partial charge < -0.3 is 4.74 Å². The second-order valence-electron chi connectivity index (χ2n) is 5.40. The van der Waals surface area contributed by atoms with Crippen molar-refractivity contribution in [3.63, 3.8) is 0 Å². The van der Waals surface area contributed by atoms with E-state index in [0.717, 1.165) is 21.8 Å². The van der Waals surface area contributed by atoms with Crippen LogP contribution >= 0.6 is 11.3 Å². The Balaban J connectivity index is 1.64. The number of para-hydroxylation sites is 1. The van der Waals surface area contributed by atoms with E-state index in [1.54, 1.807) is 29.6 Å². The van der Waals surface area contributed by atoms with Gasteiger partial charge in [0, 0.05) is 10.4 Å². The molecule has 3 aromatic rings. The van der Waals surface area contributed by atoms with Crippen LogP contribution < -0.4 is 4.74 Å². The van der Waals surface area contributed by atoms with Gasteiger partial charge in [0.15, 0.2) is 5.78 Å². The van der Waals surface area contributed by atoms with Gasteiger partial charge in [-0.05, 0) is 47.4 Å². The van der Waals surface area contributed by atoms with Crippen LogP contribution in [0, 0.1) is 0 Å². The molecule has 0 bridgehead atoms. The third-order valence-corrected chi connectivity index (χ3v) is 4.38. The fraction of sp³-hybridized carbons (Fsp3) is 0.0455. The second-order valence-corrected chi connectivity index (χ2v) is 6.38. The van der Waals surface area contributed by atoms with E-state index in [2.05, 4.69) is 0 Å². The molecule has 0 atom stereocenters. The number of hydrogen-bond donors (Lipinski definition) is 0. The minimum absolute atomic E-state index is 0.0498. The Morgan fingerprint density at radius 3 is 2.44 bits per heavy atom. The first kappa shape index (κ1) is 16.9. The molecule has 0 amide bonds. The summed E-state index contributed by atoms with van der Waals surface area (Å²) in [6.45, 7) is 0.498. The lowest BCUT2D eigenvalue weighted by molar-refractivity contribution is -0.110. The monoisotopic (exact) mass is 346 g/mol. The predicted molar refractivity (Wildman–Crippen MR) is 105 cm³/mol. The van der Waals surface area contributed by atoms with E-state index in [1.165, 1.54) is 0 Å². The molecule has 0 spiro atoms. The molecule has 0 saturated heterocycles. The number of ketones is 1. The maximum atomic E-state index is 12.0. The topological polar surface area (TPSA) is 26.3 Å². The van der Waals surface area contributed by atoms with Crippen LogP contribution in [-0.4, -0.2) is 5.78 Å². The van der Waals surface area contributed by atoms with Gasteiger partial charge in [-0.25, -0.2) is 0 Å². The molecule has 3 rings (SSSR count). The third-order valence-electron chi connectivity index (χ3n) is 3.54. The quantitative estimate of drug-likeness (QED) is 0.519. The van der Waals surface area contributed by atoms with E-state index >= 15 is 0 Å². The van der Waals surface area contributed by atoms with Crippen LogP contribution in [0.15, 0.2) is 84.3 Å². The first-order valence-electron chi connectivity index (χ1n) is 8.01. The Morgan fingerprint density at radius 2 is 1.64 bits per heavy atom. The summed E-state index contributed by atoms with van der Waals surface area (Å²) in [7, 11) is 0. The Bertz CT molecular complexity index is 862. The number of allylic oxidation sites excluding steroid dienone is 2. The zero-order valence-corrected chi connectivity index (χ0v) is 14.5. The maximum absolute atomic E-state index is 12.0. The lowest BCUT2D eigenvalue weighted by Gasteiger charge is -2.09. The van der Waals surface area contributed by atoms with Crippen molar-refractivity contribution in [1.29, 1.82) is 0 Å². The molecule has 2 nitrogen and oxygen atoms in total. The molecular formula is C22H18O2S. The fourth-order valence-corrected chi connectivity index (χ4v) is 2.88. The molecule has 0 aliphatic heterocycles. The molecule has 124 valence electrons. The van der Waals surface area contributed by atoms with E-state index in [0.29, 0.717) is 6.61 Å².